The summed E-state index contributed by atoms with van der Waals surface area (Å²) >= 11 is 0. The van der Waals surface area contributed by atoms with Crippen LogP contribution < -0.4 is 5.84 Å². The van der Waals surface area contributed by atoms with Gasteiger partial charge in [-0.1, -0.05) is 59.4 Å². The maximum atomic E-state index is 13.0. The van der Waals surface area contributed by atoms with Crippen molar-refractivity contribution in [1.82, 2.24) is 9.99 Å². The van der Waals surface area contributed by atoms with E-state index < -0.39 is 11.8 Å². The van der Waals surface area contributed by atoms with Gasteiger partial charge in [-0.25, -0.2) is 10.9 Å². The van der Waals surface area contributed by atoms with Gasteiger partial charge in [0.05, 0.1) is 16.8 Å². The van der Waals surface area contributed by atoms with Gasteiger partial charge >= 0.3 is 0 Å². The second kappa shape index (κ2) is 9.89. The molecule has 0 aliphatic carbocycles. The van der Waals surface area contributed by atoms with Gasteiger partial charge in [0, 0.05) is 33.2 Å². The van der Waals surface area contributed by atoms with Gasteiger partial charge in [0.1, 0.15) is 0 Å². The number of para-hydroxylation sites is 1. The van der Waals surface area contributed by atoms with Crippen LogP contribution in [0.3, 0.4) is 0 Å². The van der Waals surface area contributed by atoms with E-state index in [-0.39, 0.29) is 16.8 Å². The number of pyridine rings is 1. The van der Waals surface area contributed by atoms with Crippen LogP contribution in [0.1, 0.15) is 43.0 Å². The summed E-state index contributed by atoms with van der Waals surface area (Å²) in [6.07, 6.45) is 1.70. The molecule has 4 rings (SSSR count). The van der Waals surface area contributed by atoms with Gasteiger partial charge in [-0.3, -0.25) is 14.6 Å². The third-order valence-electron chi connectivity index (χ3n) is 5.47. The Balaban J connectivity index is 1.63. The van der Waals surface area contributed by atoms with Crippen molar-refractivity contribution in [3.05, 3.63) is 117 Å². The monoisotopic (exact) mass is 460 g/mol. The first kappa shape index (κ1) is 23.2. The van der Waals surface area contributed by atoms with E-state index in [2.05, 4.69) is 26.9 Å². The van der Waals surface area contributed by atoms with Crippen LogP contribution in [0.4, 0.5) is 5.69 Å². The zero-order chi connectivity index (χ0) is 24.9. The molecule has 0 saturated carbocycles. The molecule has 0 fully saturated rings. The topological polar surface area (TPSA) is 125 Å². The van der Waals surface area contributed by atoms with Gasteiger partial charge in [-0.05, 0) is 54.8 Å². The Kier molecular flexibility index (Phi) is 6.56. The van der Waals surface area contributed by atoms with E-state index in [9.17, 15) is 9.59 Å². The first-order chi connectivity index (χ1) is 16.9. The maximum Gasteiger partial charge on any atom is 0.275 e. The largest absolute Gasteiger partial charge is 0.275 e. The number of aromatic nitrogens is 1. The molecule has 0 aliphatic heterocycles. The fourth-order valence-corrected chi connectivity index (χ4v) is 3.58. The molecular formula is C27H20N6O2. The normalized spacial score (nSPS) is 10.1. The fraction of sp³-hybridized carbons (Fsp3) is 0.0741. The lowest BCUT2D eigenvalue weighted by atomic mass is 10.0. The highest BCUT2D eigenvalue weighted by Crippen LogP contribution is 2.24. The van der Waals surface area contributed by atoms with Crippen LogP contribution in [0.2, 0.25) is 0 Å². The Hall–Kier alpha value is -4.96. The number of nitrogens with zero attached hydrogens (tertiary/aromatic N) is 5. The molecule has 3 aromatic carbocycles. The van der Waals surface area contributed by atoms with Crippen LogP contribution >= 0.6 is 0 Å². The Morgan fingerprint density at radius 3 is 2.57 bits per heavy atom. The van der Waals surface area contributed by atoms with Crippen LogP contribution in [0, 0.1) is 25.7 Å². The molecule has 0 radical (unpaired) electrons. The summed E-state index contributed by atoms with van der Waals surface area (Å²) in [7, 11) is 0. The van der Waals surface area contributed by atoms with E-state index >= 15 is 0 Å². The van der Waals surface area contributed by atoms with Gasteiger partial charge < -0.3 is 0 Å². The van der Waals surface area contributed by atoms with E-state index in [4.69, 9.17) is 11.4 Å². The van der Waals surface area contributed by atoms with Crippen LogP contribution in [-0.4, -0.2) is 21.8 Å². The number of fused-ring (bicyclic) bond motifs is 1. The predicted octanol–water partition coefficient (Wildman–Crippen LogP) is 5.35. The Labute approximate surface area is 201 Å². The number of carbonyl (C=O) groups is 2. The van der Waals surface area contributed by atoms with Crippen LogP contribution in [-0.2, 0) is 0 Å². The van der Waals surface area contributed by atoms with Crippen molar-refractivity contribution in [1.29, 1.82) is 0 Å². The highest BCUT2D eigenvalue weighted by atomic mass is 16.2. The highest BCUT2D eigenvalue weighted by molar-refractivity contribution is 6.12. The smallest absolute Gasteiger partial charge is 0.267 e. The molecule has 35 heavy (non-hydrogen) atoms. The van der Waals surface area contributed by atoms with Crippen molar-refractivity contribution in [2.45, 2.75) is 13.8 Å². The Morgan fingerprint density at radius 2 is 1.77 bits per heavy atom. The number of aryl methyl sites for hydroxylation is 2. The van der Waals surface area contributed by atoms with Crippen molar-refractivity contribution in [2.75, 3.05) is 0 Å². The van der Waals surface area contributed by atoms with Gasteiger partial charge in [0.15, 0.2) is 0 Å². The number of hydrazine groups is 1. The number of carbonyl (C=O) groups excluding carboxylic acids is 2. The highest BCUT2D eigenvalue weighted by Gasteiger charge is 2.24. The van der Waals surface area contributed by atoms with Gasteiger partial charge in [0.25, 0.3) is 11.8 Å². The molecule has 0 unspecified atom stereocenters. The first-order valence-electron chi connectivity index (χ1n) is 10.6. The number of nitrogens with two attached hydrogens (primary N) is 1. The third kappa shape index (κ3) is 4.87. The zero-order valence-electron chi connectivity index (χ0n) is 19.1. The van der Waals surface area contributed by atoms with E-state index in [0.717, 1.165) is 22.0 Å². The average molecular weight is 460 g/mol. The molecule has 8 heteroatoms. The SMILES string of the molecule is Cc1ccc(C(=O)N(N)C(=O)c2c(C)cccc2N=[N+]=[N-])cc1C#Cc1cnc2ccccc2c1. The molecule has 1 heterocycles. The molecule has 0 atom stereocenters. The molecule has 4 aromatic rings. The van der Waals surface area contributed by atoms with Crippen molar-refractivity contribution in [2.24, 2.45) is 11.0 Å². The number of amides is 2. The number of imide groups is 1. The lowest BCUT2D eigenvalue weighted by Crippen LogP contribution is -2.43. The minimum atomic E-state index is -0.772. The number of benzene rings is 3. The van der Waals surface area contributed by atoms with Gasteiger partial charge in [-0.15, -0.1) is 0 Å². The molecule has 2 amide bonds. The molecule has 0 saturated heterocycles. The first-order valence-corrected chi connectivity index (χ1v) is 10.6. The van der Waals surface area contributed by atoms with Crippen LogP contribution in [0.5, 0.6) is 0 Å². The van der Waals surface area contributed by atoms with Crippen LogP contribution in [0.15, 0.2) is 78.0 Å². The molecule has 2 N–H and O–H groups in total. The molecule has 0 spiro atoms. The van der Waals surface area contributed by atoms with E-state index in [1.54, 1.807) is 43.5 Å². The Morgan fingerprint density at radius 1 is 0.971 bits per heavy atom. The average Bonchev–Trinajstić information content (AvgIpc) is 2.87. The molecule has 8 nitrogen and oxygen atoms in total. The fourth-order valence-electron chi connectivity index (χ4n) is 3.58. The summed E-state index contributed by atoms with van der Waals surface area (Å²) in [6.45, 7) is 3.55. The van der Waals surface area contributed by atoms with E-state index in [1.807, 2.05) is 37.3 Å². The van der Waals surface area contributed by atoms with Crippen molar-refractivity contribution >= 4 is 28.4 Å². The molecule has 0 aliphatic rings. The lowest BCUT2D eigenvalue weighted by Gasteiger charge is -2.17. The van der Waals surface area contributed by atoms with E-state index in [1.165, 1.54) is 6.07 Å². The third-order valence-corrected chi connectivity index (χ3v) is 5.47. The number of azide groups is 1. The summed E-state index contributed by atoms with van der Waals surface area (Å²) in [5.74, 6) is 10.6. The summed E-state index contributed by atoms with van der Waals surface area (Å²) in [5, 5.41) is 5.05. The van der Waals surface area contributed by atoms with Crippen molar-refractivity contribution < 1.29 is 9.59 Å². The lowest BCUT2D eigenvalue weighted by molar-refractivity contribution is 0.0615. The number of hydrogen-bond donors (Lipinski definition) is 1. The van der Waals surface area contributed by atoms with Gasteiger partial charge in [-0.2, -0.15) is 0 Å². The summed E-state index contributed by atoms with van der Waals surface area (Å²) in [6, 6.07) is 19.4. The standard InChI is InChI=1S/C27H20N6O2/c1-17-10-12-22(15-20(17)13-11-19-14-21-7-3-4-8-23(21)30-16-19)26(34)33(29)27(35)25-18(2)6-5-9-24(25)31-32-28/h3-10,12,14-16H,29H2,1-2H3. The maximum absolute atomic E-state index is 13.0. The molecule has 0 bridgehead atoms. The predicted molar refractivity (Wildman–Crippen MR) is 134 cm³/mol. The molecule has 170 valence electrons. The summed E-state index contributed by atoms with van der Waals surface area (Å²) < 4.78 is 0. The second-order valence-corrected chi connectivity index (χ2v) is 7.84. The Bertz CT molecular complexity index is 1590. The summed E-state index contributed by atoms with van der Waals surface area (Å²) in [4.78, 5) is 33.2. The van der Waals surface area contributed by atoms with Crippen molar-refractivity contribution in [3.63, 3.8) is 0 Å². The van der Waals surface area contributed by atoms with Gasteiger partial charge in [0.2, 0.25) is 0 Å². The number of rotatable bonds is 3. The second-order valence-electron chi connectivity index (χ2n) is 7.84. The quantitative estimate of drug-likeness (QED) is 0.0646. The van der Waals surface area contributed by atoms with Crippen LogP contribution in [0.25, 0.3) is 21.3 Å². The van der Waals surface area contributed by atoms with E-state index in [0.29, 0.717) is 16.1 Å². The summed E-state index contributed by atoms with van der Waals surface area (Å²) in [5.41, 5.74) is 12.8. The minimum Gasteiger partial charge on any atom is -0.267 e. The molecular weight excluding hydrogens is 440 g/mol. The minimum absolute atomic E-state index is 0.0667. The van der Waals surface area contributed by atoms with Crippen molar-refractivity contribution in [3.8, 4) is 11.8 Å². The molecule has 1 aromatic heterocycles. The number of hydrogen-bond acceptors (Lipinski definition) is 5. The zero-order valence-corrected chi connectivity index (χ0v) is 19.1.